The van der Waals surface area contributed by atoms with E-state index in [1.165, 1.54) is 0 Å². The van der Waals surface area contributed by atoms with Crippen LogP contribution in [0, 0.1) is 0 Å². The predicted octanol–water partition coefficient (Wildman–Crippen LogP) is -6.07. The summed E-state index contributed by atoms with van der Waals surface area (Å²) in [6, 6.07) is -1.59. The molecule has 0 aromatic carbocycles. The van der Waals surface area contributed by atoms with Gasteiger partial charge in [-0.25, -0.2) is 9.31 Å². The maximum Gasteiger partial charge on any atom is 1.00 e. The minimum Gasteiger partial charge on any atom is -0.529 e. The van der Waals surface area contributed by atoms with Crippen LogP contribution in [0.2, 0.25) is 0 Å². The van der Waals surface area contributed by atoms with Gasteiger partial charge in [-0.1, -0.05) is 0 Å². The van der Waals surface area contributed by atoms with E-state index in [2.05, 4.69) is 0 Å². The van der Waals surface area contributed by atoms with Gasteiger partial charge in [0.1, 0.15) is 12.1 Å². The predicted molar refractivity (Wildman–Crippen MR) is 45.8 cm³/mol. The van der Waals surface area contributed by atoms with E-state index in [4.69, 9.17) is 4.55 Å². The fourth-order valence-corrected chi connectivity index (χ4v) is 2.96. The van der Waals surface area contributed by atoms with Gasteiger partial charge in [-0.15, -0.1) is 0 Å². The smallest absolute Gasteiger partial charge is 0.529 e. The molecule has 0 bridgehead atoms. The third-order valence-electron chi connectivity index (χ3n) is 2.62. The fraction of sp³-hybridized carbons (Fsp3) is 0.667. The maximum absolute atomic E-state index is 11.4. The van der Waals surface area contributed by atoms with E-state index < -0.39 is 34.4 Å². The van der Waals surface area contributed by atoms with E-state index in [1.807, 2.05) is 5.43 Å². The number of β-lactam (4-membered cyclic amide) rings is 1. The molecule has 0 saturated carbocycles. The van der Waals surface area contributed by atoms with Crippen LogP contribution in [0.15, 0.2) is 0 Å². The van der Waals surface area contributed by atoms with Crippen molar-refractivity contribution in [1.82, 2.24) is 14.7 Å². The molecule has 17 heavy (non-hydrogen) atoms. The molecule has 9 nitrogen and oxygen atoms in total. The van der Waals surface area contributed by atoms with Crippen molar-refractivity contribution in [2.45, 2.75) is 18.5 Å². The zero-order chi connectivity index (χ0) is 12.1. The Hall–Kier alpha value is -0.390. The molecule has 0 aromatic rings. The Morgan fingerprint density at radius 1 is 1.53 bits per heavy atom. The van der Waals surface area contributed by atoms with E-state index in [1.54, 1.807) is 0 Å². The summed E-state index contributed by atoms with van der Waals surface area (Å²) >= 11 is 0. The van der Waals surface area contributed by atoms with Crippen molar-refractivity contribution in [2.24, 2.45) is 0 Å². The Bertz CT molecular complexity index is 453. The molecule has 0 spiro atoms. The summed E-state index contributed by atoms with van der Waals surface area (Å²) in [5.41, 5.74) is 1.89. The van der Waals surface area contributed by atoms with Gasteiger partial charge in [0.2, 0.25) is 0 Å². The van der Waals surface area contributed by atoms with Crippen LogP contribution in [-0.2, 0) is 15.1 Å². The molecular weight excluding hydrogens is 265 g/mol. The fourth-order valence-electron chi connectivity index (χ4n) is 2.06. The molecule has 0 unspecified atom stereocenters. The molecule has 2 rings (SSSR count). The topological polar surface area (TPSA) is 130 Å². The summed E-state index contributed by atoms with van der Waals surface area (Å²) in [7, 11) is -4.56. The van der Waals surface area contributed by atoms with Crippen molar-refractivity contribution in [1.29, 1.82) is 0 Å². The molecule has 90 valence electrons. The summed E-state index contributed by atoms with van der Waals surface area (Å²) in [6.07, 6.45) is -1.31. The first-order chi connectivity index (χ1) is 7.32. The summed E-state index contributed by atoms with van der Waals surface area (Å²) in [4.78, 5) is 21.6. The van der Waals surface area contributed by atoms with Gasteiger partial charge < -0.3 is 15.3 Å². The van der Waals surface area contributed by atoms with Crippen LogP contribution in [0.1, 0.15) is 6.42 Å². The molecule has 0 aromatic heterocycles. The van der Waals surface area contributed by atoms with Gasteiger partial charge in [-0.3, -0.25) is 9.35 Å². The summed E-state index contributed by atoms with van der Waals surface area (Å²) in [6.45, 7) is 0.182. The molecule has 2 fully saturated rings. The van der Waals surface area contributed by atoms with Gasteiger partial charge in [-0.05, 0) is 6.42 Å². The first-order valence-electron chi connectivity index (χ1n) is 4.37. The zero-order valence-electron chi connectivity index (χ0n) is 8.86. The molecule has 0 aliphatic carbocycles. The third kappa shape index (κ3) is 2.41. The van der Waals surface area contributed by atoms with Gasteiger partial charge in [0.25, 0.3) is 5.91 Å². The average molecular weight is 273 g/mol. The van der Waals surface area contributed by atoms with Gasteiger partial charge in [-0.2, -0.15) is 8.42 Å². The van der Waals surface area contributed by atoms with E-state index in [9.17, 15) is 23.1 Å². The Balaban J connectivity index is 0.00000144. The van der Waals surface area contributed by atoms with Crippen LogP contribution in [0.25, 0.3) is 0 Å². The number of carboxylic acid groups (broad SMARTS) is 1. The maximum atomic E-state index is 11.4. The van der Waals surface area contributed by atoms with Crippen molar-refractivity contribution < 1.29 is 57.2 Å². The molecule has 2 N–H and O–H groups in total. The number of hydrogen-bond donors (Lipinski definition) is 2. The number of nitrogens with zero attached hydrogens (tertiary/aromatic N) is 2. The van der Waals surface area contributed by atoms with Crippen molar-refractivity contribution >= 4 is 22.3 Å². The third-order valence-corrected chi connectivity index (χ3v) is 3.57. The first-order valence-corrected chi connectivity index (χ1v) is 5.77. The quantitative estimate of drug-likeness (QED) is 0.291. The summed E-state index contributed by atoms with van der Waals surface area (Å²) in [5.74, 6) is -0.848. The number of carbonyl (C=O) groups is 2. The zero-order valence-corrected chi connectivity index (χ0v) is 11.7. The molecule has 2 aliphatic heterocycles. The summed E-state index contributed by atoms with van der Waals surface area (Å²) in [5, 5.41) is 11.3. The number of rotatable bonds is 2. The van der Waals surface area contributed by atoms with Crippen molar-refractivity contribution in [3.05, 3.63) is 0 Å². The number of fused-ring (bicyclic) bond motifs is 1. The Morgan fingerprint density at radius 2 is 2.12 bits per heavy atom. The second kappa shape index (κ2) is 4.71. The molecule has 2 amide bonds. The normalized spacial score (nSPS) is 28.1. The second-order valence-corrected chi connectivity index (χ2v) is 4.79. The Morgan fingerprint density at radius 3 is 2.59 bits per heavy atom. The molecule has 2 saturated heterocycles. The van der Waals surface area contributed by atoms with Gasteiger partial charge in [0, 0.05) is 6.54 Å². The number of hydrazine groups is 1. The summed E-state index contributed by atoms with van der Waals surface area (Å²) < 4.78 is 30.7. The van der Waals surface area contributed by atoms with Crippen LogP contribution in [0.3, 0.4) is 0 Å². The largest absolute Gasteiger partial charge is 1.00 e. The standard InChI is InChI=1S/C6H9N3O6S.Na/c10-5-4-3(9(5)16(13,14)15)1-2-8(4)7-6(11)12;/h3-4,7H,1-2H2,(H,11,12)(H,13,14,15);/q;+1/p-1/t3-,4+;/m1./s1. The van der Waals surface area contributed by atoms with Crippen LogP contribution in [0.4, 0.5) is 4.79 Å². The SMILES string of the molecule is O=C([O-])NN1CC[C@@H]2[C@H]1C(=O)N2S(=O)(=O)O.[Na+]. The van der Waals surface area contributed by atoms with Crippen LogP contribution < -0.4 is 40.1 Å². The number of carbonyl (C=O) groups excluding carboxylic acids is 2. The van der Waals surface area contributed by atoms with Crippen molar-refractivity contribution in [3.63, 3.8) is 0 Å². The molecule has 11 heteroatoms. The van der Waals surface area contributed by atoms with Crippen molar-refractivity contribution in [3.8, 4) is 0 Å². The van der Waals surface area contributed by atoms with Crippen molar-refractivity contribution in [2.75, 3.05) is 6.54 Å². The van der Waals surface area contributed by atoms with E-state index in [-0.39, 0.29) is 42.5 Å². The molecular formula is C6H8N3NaO6S. The van der Waals surface area contributed by atoms with E-state index in [0.717, 1.165) is 5.01 Å². The Kier molecular flexibility index (Phi) is 4.06. The molecule has 2 aliphatic rings. The van der Waals surface area contributed by atoms with Gasteiger partial charge in [0.15, 0.2) is 0 Å². The van der Waals surface area contributed by atoms with Crippen LogP contribution >= 0.6 is 0 Å². The number of nitrogens with one attached hydrogen (secondary N) is 1. The van der Waals surface area contributed by atoms with E-state index in [0.29, 0.717) is 4.31 Å². The van der Waals surface area contributed by atoms with Gasteiger partial charge >= 0.3 is 39.9 Å². The molecule has 2 atom stereocenters. The molecule has 2 heterocycles. The first kappa shape index (κ1) is 14.7. The average Bonchev–Trinajstić information content (AvgIpc) is 2.38. The number of amides is 2. The van der Waals surface area contributed by atoms with Gasteiger partial charge in [0.05, 0.1) is 6.04 Å². The van der Waals surface area contributed by atoms with Crippen LogP contribution in [0.5, 0.6) is 0 Å². The van der Waals surface area contributed by atoms with E-state index >= 15 is 0 Å². The second-order valence-electron chi connectivity index (χ2n) is 3.51. The number of hydrogen-bond acceptors (Lipinski definition) is 6. The Labute approximate surface area is 119 Å². The monoisotopic (exact) mass is 273 g/mol. The minimum absolute atomic E-state index is 0. The minimum atomic E-state index is -4.56. The molecule has 0 radical (unpaired) electrons. The van der Waals surface area contributed by atoms with Crippen LogP contribution in [-0.4, -0.2) is 52.9 Å².